The van der Waals surface area contributed by atoms with Gasteiger partial charge < -0.3 is 15.4 Å². The summed E-state index contributed by atoms with van der Waals surface area (Å²) in [5.41, 5.74) is 0. The zero-order valence-electron chi connectivity index (χ0n) is 8.42. The quantitative estimate of drug-likeness (QED) is 0.658. The first-order valence-electron chi connectivity index (χ1n) is 5.45. The van der Waals surface area contributed by atoms with Crippen molar-refractivity contribution in [3.05, 3.63) is 0 Å². The Balaban J connectivity index is 1.79. The number of nitrogens with one attached hydrogen (secondary N) is 2. The Labute approximate surface area is 84.4 Å². The van der Waals surface area contributed by atoms with Crippen LogP contribution in [0.1, 0.15) is 25.7 Å². The van der Waals surface area contributed by atoms with E-state index < -0.39 is 0 Å². The van der Waals surface area contributed by atoms with Crippen LogP contribution < -0.4 is 10.6 Å². The third-order valence-electron chi connectivity index (χ3n) is 2.88. The Morgan fingerprint density at radius 1 is 1.36 bits per heavy atom. The van der Waals surface area contributed by atoms with Crippen LogP contribution in [0.4, 0.5) is 0 Å². The van der Waals surface area contributed by atoms with Gasteiger partial charge in [0.05, 0.1) is 6.61 Å². The molecule has 2 heterocycles. The molecule has 2 N–H and O–H groups in total. The highest BCUT2D eigenvalue weighted by Crippen LogP contribution is 2.10. The molecular weight excluding hydrogens is 180 g/mol. The lowest BCUT2D eigenvalue weighted by atomic mass is 10.1. The summed E-state index contributed by atoms with van der Waals surface area (Å²) in [6.45, 7) is 2.49. The van der Waals surface area contributed by atoms with Gasteiger partial charge in [0.1, 0.15) is 0 Å². The number of carbonyl (C=O) groups excluding carboxylic acids is 1. The normalized spacial score (nSPS) is 33.9. The Morgan fingerprint density at radius 2 is 2.29 bits per heavy atom. The Kier molecular flexibility index (Phi) is 3.37. The topological polar surface area (TPSA) is 50.4 Å². The maximum Gasteiger partial charge on any atom is 0.221 e. The number of ether oxygens (including phenoxy) is 1. The van der Waals surface area contributed by atoms with Crippen LogP contribution in [0.5, 0.6) is 0 Å². The number of hydrogen-bond donors (Lipinski definition) is 2. The number of amides is 1. The van der Waals surface area contributed by atoms with Gasteiger partial charge >= 0.3 is 0 Å². The van der Waals surface area contributed by atoms with Crippen LogP contribution >= 0.6 is 0 Å². The van der Waals surface area contributed by atoms with Crippen LogP contribution in [-0.4, -0.2) is 37.7 Å². The largest absolute Gasteiger partial charge is 0.380 e. The van der Waals surface area contributed by atoms with E-state index in [4.69, 9.17) is 4.74 Å². The Bertz CT molecular complexity index is 202. The predicted octanol–water partition coefficient (Wildman–Crippen LogP) is 0.0336. The molecule has 4 heteroatoms. The van der Waals surface area contributed by atoms with Gasteiger partial charge in [-0.25, -0.2) is 0 Å². The van der Waals surface area contributed by atoms with E-state index in [0.717, 1.165) is 39.0 Å². The van der Waals surface area contributed by atoms with E-state index in [-0.39, 0.29) is 5.91 Å². The highest BCUT2D eigenvalue weighted by atomic mass is 16.5. The van der Waals surface area contributed by atoms with Crippen molar-refractivity contribution in [1.29, 1.82) is 0 Å². The number of rotatable bonds is 2. The summed E-state index contributed by atoms with van der Waals surface area (Å²) >= 11 is 0. The van der Waals surface area contributed by atoms with E-state index in [9.17, 15) is 4.79 Å². The standard InChI is InChI=1S/C10H18N2O2/c13-10-6-8(2-1-4-11-10)12-9-3-5-14-7-9/h8-9,12H,1-7H2,(H,11,13). The van der Waals surface area contributed by atoms with Crippen molar-refractivity contribution in [2.45, 2.75) is 37.8 Å². The van der Waals surface area contributed by atoms with Crippen LogP contribution in [0.25, 0.3) is 0 Å². The van der Waals surface area contributed by atoms with Crippen LogP contribution in [0.3, 0.4) is 0 Å². The molecule has 0 aliphatic carbocycles. The van der Waals surface area contributed by atoms with Crippen LogP contribution in [0.15, 0.2) is 0 Å². The van der Waals surface area contributed by atoms with Gasteiger partial charge in [-0.3, -0.25) is 4.79 Å². The first-order chi connectivity index (χ1) is 6.84. The predicted molar refractivity (Wildman–Crippen MR) is 53.0 cm³/mol. The van der Waals surface area contributed by atoms with Gasteiger partial charge in [0.25, 0.3) is 0 Å². The first-order valence-corrected chi connectivity index (χ1v) is 5.45. The van der Waals surface area contributed by atoms with Gasteiger partial charge in [-0.2, -0.15) is 0 Å². The zero-order chi connectivity index (χ0) is 9.80. The van der Waals surface area contributed by atoms with Crippen molar-refractivity contribution in [3.63, 3.8) is 0 Å². The highest BCUT2D eigenvalue weighted by Gasteiger charge is 2.22. The molecule has 2 fully saturated rings. The second-order valence-electron chi connectivity index (χ2n) is 4.12. The van der Waals surface area contributed by atoms with Gasteiger partial charge in [-0.05, 0) is 19.3 Å². The van der Waals surface area contributed by atoms with Crippen molar-refractivity contribution in [1.82, 2.24) is 10.6 Å². The molecule has 0 aromatic heterocycles. The number of hydrogen-bond acceptors (Lipinski definition) is 3. The molecule has 80 valence electrons. The minimum atomic E-state index is 0.180. The smallest absolute Gasteiger partial charge is 0.221 e. The van der Waals surface area contributed by atoms with E-state index in [0.29, 0.717) is 18.5 Å². The minimum Gasteiger partial charge on any atom is -0.380 e. The summed E-state index contributed by atoms with van der Waals surface area (Å²) in [6, 6.07) is 0.815. The molecule has 0 aromatic carbocycles. The zero-order valence-corrected chi connectivity index (χ0v) is 8.42. The van der Waals surface area contributed by atoms with Gasteiger partial charge in [-0.1, -0.05) is 0 Å². The lowest BCUT2D eigenvalue weighted by Gasteiger charge is -2.19. The summed E-state index contributed by atoms with van der Waals surface area (Å²) < 4.78 is 5.29. The molecule has 0 radical (unpaired) electrons. The third kappa shape index (κ3) is 2.69. The summed E-state index contributed by atoms with van der Waals surface area (Å²) in [6.07, 6.45) is 3.88. The van der Waals surface area contributed by atoms with Crippen molar-refractivity contribution in [2.24, 2.45) is 0 Å². The summed E-state index contributed by atoms with van der Waals surface area (Å²) in [7, 11) is 0. The lowest BCUT2D eigenvalue weighted by molar-refractivity contribution is -0.121. The average Bonchev–Trinajstić information content (AvgIpc) is 2.56. The minimum absolute atomic E-state index is 0.180. The van der Waals surface area contributed by atoms with E-state index >= 15 is 0 Å². The van der Waals surface area contributed by atoms with Crippen LogP contribution in [0, 0.1) is 0 Å². The Morgan fingerprint density at radius 3 is 3.07 bits per heavy atom. The van der Waals surface area contributed by atoms with E-state index in [2.05, 4.69) is 10.6 Å². The monoisotopic (exact) mass is 198 g/mol. The maximum absolute atomic E-state index is 11.3. The average molecular weight is 198 g/mol. The van der Waals surface area contributed by atoms with E-state index in [1.54, 1.807) is 0 Å². The molecule has 2 unspecified atom stereocenters. The van der Waals surface area contributed by atoms with Crippen molar-refractivity contribution < 1.29 is 9.53 Å². The molecule has 0 spiro atoms. The molecule has 4 nitrogen and oxygen atoms in total. The molecule has 14 heavy (non-hydrogen) atoms. The van der Waals surface area contributed by atoms with Gasteiger partial charge in [-0.15, -0.1) is 0 Å². The van der Waals surface area contributed by atoms with Crippen molar-refractivity contribution >= 4 is 5.91 Å². The molecule has 2 aliphatic heterocycles. The molecule has 0 aromatic rings. The van der Waals surface area contributed by atoms with Gasteiger partial charge in [0, 0.05) is 31.7 Å². The number of carbonyl (C=O) groups is 1. The Hall–Kier alpha value is -0.610. The van der Waals surface area contributed by atoms with Crippen LogP contribution in [0.2, 0.25) is 0 Å². The fourth-order valence-corrected chi connectivity index (χ4v) is 2.12. The summed E-state index contributed by atoms with van der Waals surface area (Å²) in [5, 5.41) is 6.39. The molecule has 2 atom stereocenters. The lowest BCUT2D eigenvalue weighted by Crippen LogP contribution is -2.40. The molecule has 2 saturated heterocycles. The molecular formula is C10H18N2O2. The maximum atomic E-state index is 11.3. The molecule has 1 amide bonds. The second-order valence-corrected chi connectivity index (χ2v) is 4.12. The summed E-state index contributed by atoms with van der Waals surface area (Å²) in [4.78, 5) is 11.3. The van der Waals surface area contributed by atoms with Crippen molar-refractivity contribution in [2.75, 3.05) is 19.8 Å². The molecule has 0 bridgehead atoms. The third-order valence-corrected chi connectivity index (χ3v) is 2.88. The van der Waals surface area contributed by atoms with E-state index in [1.807, 2.05) is 0 Å². The fraction of sp³-hybridized carbons (Fsp3) is 0.900. The fourth-order valence-electron chi connectivity index (χ4n) is 2.12. The van der Waals surface area contributed by atoms with Gasteiger partial charge in [0.15, 0.2) is 0 Å². The SMILES string of the molecule is O=C1CC(NC2CCOC2)CCCN1. The highest BCUT2D eigenvalue weighted by molar-refractivity contribution is 5.76. The van der Waals surface area contributed by atoms with Gasteiger partial charge in [0.2, 0.25) is 5.91 Å². The molecule has 2 rings (SSSR count). The molecule has 2 aliphatic rings. The van der Waals surface area contributed by atoms with Crippen LogP contribution in [-0.2, 0) is 9.53 Å². The summed E-state index contributed by atoms with van der Waals surface area (Å²) in [5.74, 6) is 0.180. The second kappa shape index (κ2) is 4.75. The van der Waals surface area contributed by atoms with E-state index in [1.165, 1.54) is 0 Å². The van der Waals surface area contributed by atoms with Crippen molar-refractivity contribution in [3.8, 4) is 0 Å². The molecule has 0 saturated carbocycles. The first kappa shape index (κ1) is 9.93.